The van der Waals surface area contributed by atoms with E-state index in [9.17, 15) is 22.0 Å². The lowest BCUT2D eigenvalue weighted by molar-refractivity contribution is -0.123. The Kier molecular flexibility index (Phi) is 6.09. The van der Waals surface area contributed by atoms with Gasteiger partial charge in [0.2, 0.25) is 15.9 Å². The molecule has 166 valence electrons. The fourth-order valence-electron chi connectivity index (χ4n) is 4.26. The summed E-state index contributed by atoms with van der Waals surface area (Å²) in [6.07, 6.45) is 1.87. The molecule has 0 saturated carbocycles. The number of nitrogens with zero attached hydrogens (tertiary/aromatic N) is 3. The average molecular weight is 450 g/mol. The van der Waals surface area contributed by atoms with Crippen LogP contribution in [0, 0.1) is 11.6 Å². The summed E-state index contributed by atoms with van der Waals surface area (Å²) in [4.78, 5) is 16.7. The van der Waals surface area contributed by atoms with Crippen molar-refractivity contribution in [3.05, 3.63) is 59.7 Å². The van der Waals surface area contributed by atoms with Gasteiger partial charge in [0.1, 0.15) is 0 Å². The van der Waals surface area contributed by atoms with Gasteiger partial charge in [-0.25, -0.2) is 17.2 Å². The highest BCUT2D eigenvalue weighted by Gasteiger charge is 2.34. The summed E-state index contributed by atoms with van der Waals surface area (Å²) in [6, 6.07) is 10.1. The maximum atomic E-state index is 13.5. The molecule has 9 heteroatoms. The van der Waals surface area contributed by atoms with E-state index in [4.69, 9.17) is 0 Å². The Labute approximate surface area is 181 Å². The number of para-hydroxylation sites is 1. The summed E-state index contributed by atoms with van der Waals surface area (Å²) in [5.41, 5.74) is 2.11. The van der Waals surface area contributed by atoms with Gasteiger partial charge in [-0.3, -0.25) is 9.69 Å². The Hall–Kier alpha value is -2.36. The molecule has 1 unspecified atom stereocenters. The highest BCUT2D eigenvalue weighted by Crippen LogP contribution is 2.28. The van der Waals surface area contributed by atoms with E-state index >= 15 is 0 Å². The van der Waals surface area contributed by atoms with Crippen molar-refractivity contribution in [3.8, 4) is 0 Å². The van der Waals surface area contributed by atoms with Gasteiger partial charge in [-0.05, 0) is 49.6 Å². The molecule has 1 saturated heterocycles. The standard InChI is InChI=1S/C22H25F2N3O3S/c1-16(22(28)27-10-4-6-17-5-2-3-7-21(17)27)25-11-13-26(14-12-25)31(29,30)18-8-9-19(23)20(24)15-18/h2-3,5,7-9,15-16H,4,6,10-14H2,1H3. The predicted molar refractivity (Wildman–Crippen MR) is 113 cm³/mol. The number of aryl methyl sites for hydroxylation is 1. The number of carbonyl (C=O) groups excluding carboxylic acids is 1. The van der Waals surface area contributed by atoms with Crippen molar-refractivity contribution in [2.75, 3.05) is 37.6 Å². The van der Waals surface area contributed by atoms with Crippen LogP contribution in [0.1, 0.15) is 18.9 Å². The summed E-state index contributed by atoms with van der Waals surface area (Å²) in [7, 11) is -3.93. The highest BCUT2D eigenvalue weighted by atomic mass is 32.2. The first-order chi connectivity index (χ1) is 14.8. The van der Waals surface area contributed by atoms with Crippen molar-refractivity contribution in [2.45, 2.75) is 30.7 Å². The van der Waals surface area contributed by atoms with Gasteiger partial charge in [0.15, 0.2) is 11.6 Å². The molecular weight excluding hydrogens is 424 g/mol. The van der Waals surface area contributed by atoms with Crippen molar-refractivity contribution in [3.63, 3.8) is 0 Å². The minimum Gasteiger partial charge on any atom is -0.311 e. The van der Waals surface area contributed by atoms with E-state index < -0.39 is 21.7 Å². The van der Waals surface area contributed by atoms with Gasteiger partial charge in [-0.1, -0.05) is 18.2 Å². The largest absolute Gasteiger partial charge is 0.311 e. The van der Waals surface area contributed by atoms with Gasteiger partial charge in [0.25, 0.3) is 0 Å². The van der Waals surface area contributed by atoms with Crippen molar-refractivity contribution in [1.82, 2.24) is 9.21 Å². The lowest BCUT2D eigenvalue weighted by atomic mass is 10.0. The Balaban J connectivity index is 1.43. The second-order valence-corrected chi connectivity index (χ2v) is 9.85. The van der Waals surface area contributed by atoms with Gasteiger partial charge >= 0.3 is 0 Å². The molecule has 2 aromatic rings. The quantitative estimate of drug-likeness (QED) is 0.720. The second-order valence-electron chi connectivity index (χ2n) is 7.91. The second kappa shape index (κ2) is 8.64. The van der Waals surface area contributed by atoms with E-state index in [-0.39, 0.29) is 29.9 Å². The van der Waals surface area contributed by atoms with Gasteiger partial charge < -0.3 is 4.90 Å². The van der Waals surface area contributed by atoms with Crippen molar-refractivity contribution >= 4 is 21.6 Å². The Morgan fingerprint density at radius 1 is 0.968 bits per heavy atom. The number of piperazine rings is 1. The summed E-state index contributed by atoms with van der Waals surface area (Å²) in [6.45, 7) is 3.63. The number of benzene rings is 2. The fourth-order valence-corrected chi connectivity index (χ4v) is 5.70. The summed E-state index contributed by atoms with van der Waals surface area (Å²) < 4.78 is 53.5. The van der Waals surface area contributed by atoms with Crippen LogP contribution in [-0.4, -0.2) is 62.3 Å². The van der Waals surface area contributed by atoms with Crippen molar-refractivity contribution in [1.29, 1.82) is 0 Å². The molecule has 0 radical (unpaired) electrons. The smallest absolute Gasteiger partial charge is 0.244 e. The average Bonchev–Trinajstić information content (AvgIpc) is 2.79. The van der Waals surface area contributed by atoms with Gasteiger partial charge in [0.05, 0.1) is 10.9 Å². The van der Waals surface area contributed by atoms with Gasteiger partial charge in [0, 0.05) is 38.4 Å². The molecule has 2 aliphatic heterocycles. The van der Waals surface area contributed by atoms with E-state index in [1.807, 2.05) is 41.0 Å². The zero-order valence-electron chi connectivity index (χ0n) is 17.3. The number of anilines is 1. The molecule has 6 nitrogen and oxygen atoms in total. The molecule has 0 aliphatic carbocycles. The van der Waals surface area contributed by atoms with Crippen LogP contribution in [0.5, 0.6) is 0 Å². The molecule has 0 aromatic heterocycles. The number of carbonyl (C=O) groups is 1. The molecule has 1 amide bonds. The molecule has 0 spiro atoms. The third-order valence-corrected chi connectivity index (χ3v) is 7.98. The first-order valence-corrected chi connectivity index (χ1v) is 11.8. The van der Waals surface area contributed by atoms with E-state index in [2.05, 4.69) is 0 Å². The van der Waals surface area contributed by atoms with E-state index in [1.165, 1.54) is 4.31 Å². The molecular formula is C22H25F2N3O3S. The molecule has 0 N–H and O–H groups in total. The van der Waals surface area contributed by atoms with Crippen LogP contribution in [0.2, 0.25) is 0 Å². The summed E-state index contributed by atoms with van der Waals surface area (Å²) in [5.74, 6) is -2.28. The zero-order chi connectivity index (χ0) is 22.2. The van der Waals surface area contributed by atoms with E-state index in [1.54, 1.807) is 0 Å². The third-order valence-electron chi connectivity index (χ3n) is 6.08. The summed E-state index contributed by atoms with van der Waals surface area (Å²) in [5, 5.41) is 0. The predicted octanol–water partition coefficient (Wildman–Crippen LogP) is 2.64. The number of sulfonamides is 1. The van der Waals surface area contributed by atoms with Crippen molar-refractivity contribution in [2.24, 2.45) is 0 Å². The molecule has 0 bridgehead atoms. The van der Waals surface area contributed by atoms with Gasteiger partial charge in [-0.15, -0.1) is 0 Å². The van der Waals surface area contributed by atoms with Crippen LogP contribution < -0.4 is 4.90 Å². The van der Waals surface area contributed by atoms with E-state index in [0.717, 1.165) is 36.2 Å². The highest BCUT2D eigenvalue weighted by molar-refractivity contribution is 7.89. The molecule has 1 fully saturated rings. The normalized spacial score (nSPS) is 19.1. The summed E-state index contributed by atoms with van der Waals surface area (Å²) >= 11 is 0. The molecule has 2 aliphatic rings. The lowest BCUT2D eigenvalue weighted by Crippen LogP contribution is -2.56. The molecule has 2 heterocycles. The first-order valence-electron chi connectivity index (χ1n) is 10.4. The Bertz CT molecular complexity index is 1090. The van der Waals surface area contributed by atoms with Crippen LogP contribution >= 0.6 is 0 Å². The third kappa shape index (κ3) is 4.22. The monoisotopic (exact) mass is 449 g/mol. The maximum Gasteiger partial charge on any atom is 0.244 e. The molecule has 1 atom stereocenters. The maximum absolute atomic E-state index is 13.5. The number of amides is 1. The van der Waals surface area contributed by atoms with E-state index in [0.29, 0.717) is 25.7 Å². The van der Waals surface area contributed by atoms with Crippen LogP contribution in [0.4, 0.5) is 14.5 Å². The molecule has 2 aromatic carbocycles. The van der Waals surface area contributed by atoms with Crippen LogP contribution in [0.15, 0.2) is 47.4 Å². The Morgan fingerprint density at radius 3 is 2.39 bits per heavy atom. The van der Waals surface area contributed by atoms with Crippen LogP contribution in [0.3, 0.4) is 0 Å². The molecule has 31 heavy (non-hydrogen) atoms. The van der Waals surface area contributed by atoms with Crippen molar-refractivity contribution < 1.29 is 22.0 Å². The number of hydrogen-bond acceptors (Lipinski definition) is 4. The van der Waals surface area contributed by atoms with Gasteiger partial charge in [-0.2, -0.15) is 4.31 Å². The topological polar surface area (TPSA) is 60.9 Å². The fraction of sp³-hybridized carbons (Fsp3) is 0.409. The SMILES string of the molecule is CC(C(=O)N1CCCc2ccccc21)N1CCN(S(=O)(=O)c2ccc(F)c(F)c2)CC1. The minimum atomic E-state index is -3.93. The first kappa shape index (κ1) is 21.9. The minimum absolute atomic E-state index is 0.00376. The molecule has 4 rings (SSSR count). The number of halogens is 2. The zero-order valence-corrected chi connectivity index (χ0v) is 18.1. The van der Waals surface area contributed by atoms with Crippen LogP contribution in [-0.2, 0) is 21.2 Å². The number of hydrogen-bond donors (Lipinski definition) is 0. The number of rotatable bonds is 4. The number of fused-ring (bicyclic) bond motifs is 1. The Morgan fingerprint density at radius 2 is 1.68 bits per heavy atom. The van der Waals surface area contributed by atoms with Crippen LogP contribution in [0.25, 0.3) is 0 Å². The lowest BCUT2D eigenvalue weighted by Gasteiger charge is -2.39.